The van der Waals surface area contributed by atoms with Gasteiger partial charge in [0.2, 0.25) is 0 Å². The van der Waals surface area contributed by atoms with Gasteiger partial charge in [-0.2, -0.15) is 0 Å². The van der Waals surface area contributed by atoms with Gasteiger partial charge in [0.25, 0.3) is 10.0 Å². The fraction of sp³-hybridized carbons (Fsp3) is 0.194. The molecule has 42 heavy (non-hydrogen) atoms. The minimum Gasteiger partial charge on any atom is -0.508 e. The number of rotatable bonds is 8. The van der Waals surface area contributed by atoms with Crippen LogP contribution in [0.15, 0.2) is 108 Å². The number of carbonyl (C=O) groups is 1. The number of phenolic OH excluding ortho intramolecular Hbond substituents is 2. The number of hydrazine groups is 1. The van der Waals surface area contributed by atoms with E-state index >= 15 is 0 Å². The molecule has 0 saturated carbocycles. The van der Waals surface area contributed by atoms with Gasteiger partial charge in [0.1, 0.15) is 17.3 Å². The van der Waals surface area contributed by atoms with Crippen molar-refractivity contribution in [3.8, 4) is 11.5 Å². The summed E-state index contributed by atoms with van der Waals surface area (Å²) in [7, 11) is -4.52. The molecule has 0 bridgehead atoms. The van der Waals surface area contributed by atoms with E-state index in [0.29, 0.717) is 11.1 Å². The highest BCUT2D eigenvalue weighted by Crippen LogP contribution is 2.29. The first kappa shape index (κ1) is 29.1. The molecule has 9 nitrogen and oxygen atoms in total. The van der Waals surface area contributed by atoms with Crippen LogP contribution in [0.5, 0.6) is 11.5 Å². The maximum Gasteiger partial charge on any atom is 0.336 e. The minimum atomic E-state index is -4.52. The summed E-state index contributed by atoms with van der Waals surface area (Å²) in [5.74, 6) is -0.723. The van der Waals surface area contributed by atoms with Crippen LogP contribution in [0, 0.1) is 5.82 Å². The predicted octanol–water partition coefficient (Wildman–Crippen LogP) is 4.25. The van der Waals surface area contributed by atoms with E-state index in [0.717, 1.165) is 27.1 Å². The molecule has 218 valence electrons. The topological polar surface area (TPSA) is 122 Å². The average Bonchev–Trinajstić information content (AvgIpc) is 3.07. The first-order valence-electron chi connectivity index (χ1n) is 13.3. The second-order valence-corrected chi connectivity index (χ2v) is 11.9. The highest BCUT2D eigenvalue weighted by atomic mass is 32.2. The van der Waals surface area contributed by atoms with Gasteiger partial charge in [-0.25, -0.2) is 22.6 Å². The van der Waals surface area contributed by atoms with E-state index in [4.69, 9.17) is 0 Å². The number of aliphatic hydroxyl groups is 1. The number of phenols is 2. The van der Waals surface area contributed by atoms with Gasteiger partial charge in [-0.05, 0) is 65.6 Å². The number of aromatic hydroxyl groups is 2. The van der Waals surface area contributed by atoms with E-state index < -0.39 is 40.6 Å². The van der Waals surface area contributed by atoms with E-state index in [-0.39, 0.29) is 35.9 Å². The number of benzene rings is 4. The minimum absolute atomic E-state index is 0.00233. The Balaban J connectivity index is 1.62. The number of nitrogens with zero attached hydrogens (tertiary/aromatic N) is 3. The zero-order chi connectivity index (χ0) is 29.9. The number of aliphatic hydroxyl groups excluding tert-OH is 1. The third-order valence-corrected chi connectivity index (χ3v) is 8.89. The molecular weight excluding hydrogens is 561 g/mol. The van der Waals surface area contributed by atoms with Crippen LogP contribution in [0.25, 0.3) is 0 Å². The monoisotopic (exact) mass is 591 g/mol. The molecule has 0 unspecified atom stereocenters. The number of β-amino-alcohol motifs (C(OH)–C–C–N with tert-alkyl or cyclic N) is 1. The van der Waals surface area contributed by atoms with Gasteiger partial charge in [0.05, 0.1) is 30.1 Å². The molecule has 1 aliphatic rings. The molecule has 0 radical (unpaired) electrons. The summed E-state index contributed by atoms with van der Waals surface area (Å²) in [6, 6.07) is 24.4. The largest absolute Gasteiger partial charge is 0.508 e. The molecular formula is C31H30FN3O6S. The van der Waals surface area contributed by atoms with Crippen molar-refractivity contribution >= 4 is 16.1 Å². The lowest BCUT2D eigenvalue weighted by atomic mass is 9.99. The summed E-state index contributed by atoms with van der Waals surface area (Å²) < 4.78 is 42.9. The average molecular weight is 592 g/mol. The van der Waals surface area contributed by atoms with Crippen molar-refractivity contribution in [3.05, 3.63) is 126 Å². The summed E-state index contributed by atoms with van der Waals surface area (Å²) >= 11 is 0. The number of carbonyl (C=O) groups excluding carboxylic acids is 1. The van der Waals surface area contributed by atoms with Gasteiger partial charge in [-0.15, -0.1) is 4.41 Å². The Kier molecular flexibility index (Phi) is 8.44. The first-order valence-corrected chi connectivity index (χ1v) is 14.7. The van der Waals surface area contributed by atoms with Crippen LogP contribution >= 0.6 is 0 Å². The van der Waals surface area contributed by atoms with Gasteiger partial charge in [0, 0.05) is 6.54 Å². The Hall–Kier alpha value is -4.45. The third kappa shape index (κ3) is 6.38. The number of hydrogen-bond acceptors (Lipinski definition) is 6. The Morgan fingerprint density at radius 1 is 0.762 bits per heavy atom. The standard InChI is InChI=1S/C31H30FN3O6S/c32-25-7-4-8-28(18-25)42(40,41)35-21-30(38)29(17-22-5-2-1-3-6-22)33(19-23-9-13-26(36)14-10-23)31(39)34(35)20-24-11-15-27(37)16-12-24/h1-16,18,29-30,36-38H,17,19-21H2/t29-,30-/m1/s1. The molecule has 3 N–H and O–H groups in total. The van der Waals surface area contributed by atoms with E-state index in [9.17, 15) is 32.9 Å². The van der Waals surface area contributed by atoms with Crippen LogP contribution in [0.2, 0.25) is 0 Å². The molecule has 0 aromatic heterocycles. The van der Waals surface area contributed by atoms with Crippen LogP contribution in [0.3, 0.4) is 0 Å². The zero-order valence-corrected chi connectivity index (χ0v) is 23.3. The van der Waals surface area contributed by atoms with Crippen molar-refractivity contribution < 1.29 is 32.9 Å². The van der Waals surface area contributed by atoms with E-state index in [1.165, 1.54) is 41.3 Å². The Morgan fingerprint density at radius 2 is 1.36 bits per heavy atom. The SMILES string of the molecule is O=C1N(Cc2ccc(O)cc2)[C@H](Cc2ccccc2)[C@H](O)CN(S(=O)(=O)c2cccc(F)c2)N1Cc1ccc(O)cc1. The van der Waals surface area contributed by atoms with Crippen molar-refractivity contribution in [2.45, 2.75) is 36.6 Å². The van der Waals surface area contributed by atoms with Crippen LogP contribution in [-0.2, 0) is 29.5 Å². The number of hydrogen-bond donors (Lipinski definition) is 3. The van der Waals surface area contributed by atoms with Crippen molar-refractivity contribution in [3.63, 3.8) is 0 Å². The number of amides is 2. The van der Waals surface area contributed by atoms with Crippen molar-refractivity contribution in [2.24, 2.45) is 0 Å². The fourth-order valence-electron chi connectivity index (χ4n) is 4.96. The van der Waals surface area contributed by atoms with Gasteiger partial charge in [0.15, 0.2) is 0 Å². The molecule has 2 amide bonds. The zero-order valence-electron chi connectivity index (χ0n) is 22.5. The smallest absolute Gasteiger partial charge is 0.336 e. The van der Waals surface area contributed by atoms with Gasteiger partial charge in [-0.1, -0.05) is 60.7 Å². The normalized spacial score (nSPS) is 18.2. The van der Waals surface area contributed by atoms with Gasteiger partial charge >= 0.3 is 6.03 Å². The van der Waals surface area contributed by atoms with Crippen molar-refractivity contribution in [1.29, 1.82) is 0 Å². The second-order valence-electron chi connectivity index (χ2n) is 10.1. The van der Waals surface area contributed by atoms with Crippen molar-refractivity contribution in [1.82, 2.24) is 14.3 Å². The molecule has 1 heterocycles. The lowest BCUT2D eigenvalue weighted by molar-refractivity contribution is 0.0549. The quantitative estimate of drug-likeness (QED) is 0.282. The number of sulfonamides is 1. The highest BCUT2D eigenvalue weighted by molar-refractivity contribution is 7.89. The molecule has 0 spiro atoms. The molecule has 4 aromatic rings. The summed E-state index contributed by atoms with van der Waals surface area (Å²) in [4.78, 5) is 15.5. The molecule has 11 heteroatoms. The lowest BCUT2D eigenvalue weighted by Crippen LogP contribution is -2.52. The Bertz CT molecular complexity index is 1640. The number of halogens is 1. The fourth-order valence-corrected chi connectivity index (χ4v) is 6.45. The third-order valence-electron chi connectivity index (χ3n) is 7.14. The van der Waals surface area contributed by atoms with E-state index in [1.54, 1.807) is 24.3 Å². The summed E-state index contributed by atoms with van der Waals surface area (Å²) in [6.45, 7) is -0.690. The lowest BCUT2D eigenvalue weighted by Gasteiger charge is -2.35. The summed E-state index contributed by atoms with van der Waals surface area (Å²) in [5, 5.41) is 32.2. The molecule has 1 saturated heterocycles. The van der Waals surface area contributed by atoms with Crippen molar-refractivity contribution in [2.75, 3.05) is 6.54 Å². The molecule has 0 aliphatic carbocycles. The Labute approximate surface area is 243 Å². The maximum atomic E-state index is 14.5. The molecule has 4 aromatic carbocycles. The highest BCUT2D eigenvalue weighted by Gasteiger charge is 2.45. The first-order chi connectivity index (χ1) is 20.1. The maximum absolute atomic E-state index is 14.5. The van der Waals surface area contributed by atoms with Crippen LogP contribution in [0.1, 0.15) is 16.7 Å². The molecule has 2 atom stereocenters. The predicted molar refractivity (Wildman–Crippen MR) is 153 cm³/mol. The van der Waals surface area contributed by atoms with Gasteiger partial charge < -0.3 is 20.2 Å². The summed E-state index contributed by atoms with van der Waals surface area (Å²) in [6.07, 6.45) is -1.10. The van der Waals surface area contributed by atoms with Gasteiger partial charge in [-0.3, -0.25) is 0 Å². The second kappa shape index (κ2) is 12.2. The van der Waals surface area contributed by atoms with E-state index in [2.05, 4.69) is 0 Å². The summed E-state index contributed by atoms with van der Waals surface area (Å²) in [5.41, 5.74) is 2.00. The molecule has 5 rings (SSSR count). The molecule has 1 fully saturated rings. The van der Waals surface area contributed by atoms with E-state index in [1.807, 2.05) is 30.3 Å². The molecule has 1 aliphatic heterocycles. The Morgan fingerprint density at radius 3 is 1.95 bits per heavy atom. The number of urea groups is 1. The van der Waals surface area contributed by atoms with Crippen LogP contribution in [-0.4, -0.2) is 62.8 Å². The van der Waals surface area contributed by atoms with Crippen LogP contribution in [0.4, 0.5) is 9.18 Å². The van der Waals surface area contributed by atoms with Crippen LogP contribution < -0.4 is 0 Å².